The van der Waals surface area contributed by atoms with E-state index in [1.54, 1.807) is 11.3 Å². The van der Waals surface area contributed by atoms with Gasteiger partial charge in [0.15, 0.2) is 0 Å². The number of fused-ring (bicyclic) bond motifs is 1. The number of aromatic nitrogens is 1. The molecule has 2 heterocycles. The van der Waals surface area contributed by atoms with Gasteiger partial charge in [0.1, 0.15) is 0 Å². The highest BCUT2D eigenvalue weighted by Gasteiger charge is 2.43. The Morgan fingerprint density at radius 1 is 1.61 bits per heavy atom. The summed E-state index contributed by atoms with van der Waals surface area (Å²) >= 11 is 1.63. The molecule has 1 aliphatic carbocycles. The number of nitrogens with one attached hydrogen (secondary N) is 2. The van der Waals surface area contributed by atoms with Gasteiger partial charge in [-0.25, -0.2) is 9.78 Å². The minimum absolute atomic E-state index is 0.137. The molecule has 0 spiro atoms. The van der Waals surface area contributed by atoms with Crippen LogP contribution in [0, 0.1) is 11.8 Å². The molecule has 0 radical (unpaired) electrons. The van der Waals surface area contributed by atoms with Crippen molar-refractivity contribution in [2.45, 2.75) is 31.3 Å². The second-order valence-corrected chi connectivity index (χ2v) is 5.96. The standard InChI is InChI=1S/C12H17N3O2S/c16-12(17)15-8-1-7-4-13-11(10(7)2-8)3-9-5-18-6-14-9/h5-8,10-11,13,15H,1-4H2,(H,16,17)/t7-,8-,10-,11?/m0/s1. The van der Waals surface area contributed by atoms with Gasteiger partial charge in [-0.3, -0.25) is 0 Å². The molecule has 1 unspecified atom stereocenters. The fourth-order valence-corrected chi connectivity index (χ4v) is 3.99. The summed E-state index contributed by atoms with van der Waals surface area (Å²) in [6.07, 6.45) is 1.99. The number of amides is 1. The fraction of sp³-hybridized carbons (Fsp3) is 0.667. The van der Waals surface area contributed by atoms with Crippen LogP contribution in [0.2, 0.25) is 0 Å². The highest BCUT2D eigenvalue weighted by Crippen LogP contribution is 2.38. The van der Waals surface area contributed by atoms with Crippen molar-refractivity contribution >= 4 is 17.4 Å². The van der Waals surface area contributed by atoms with Crippen molar-refractivity contribution in [3.05, 3.63) is 16.6 Å². The molecular formula is C12H17N3O2S. The van der Waals surface area contributed by atoms with Crippen molar-refractivity contribution in [2.24, 2.45) is 11.8 Å². The molecule has 98 valence electrons. The number of hydrogen-bond acceptors (Lipinski definition) is 4. The predicted octanol–water partition coefficient (Wildman–Crippen LogP) is 1.32. The van der Waals surface area contributed by atoms with Crippen LogP contribution in [0.25, 0.3) is 0 Å². The van der Waals surface area contributed by atoms with E-state index in [0.717, 1.165) is 31.5 Å². The highest BCUT2D eigenvalue weighted by atomic mass is 32.1. The van der Waals surface area contributed by atoms with E-state index in [1.807, 2.05) is 5.51 Å². The Labute approximate surface area is 110 Å². The third kappa shape index (κ3) is 2.35. The number of hydrogen-bond donors (Lipinski definition) is 3. The lowest BCUT2D eigenvalue weighted by molar-refractivity contribution is 0.189. The number of rotatable bonds is 3. The summed E-state index contributed by atoms with van der Waals surface area (Å²) < 4.78 is 0. The summed E-state index contributed by atoms with van der Waals surface area (Å²) in [5, 5.41) is 17.1. The molecule has 2 fully saturated rings. The molecule has 1 saturated carbocycles. The van der Waals surface area contributed by atoms with Crippen LogP contribution in [0.5, 0.6) is 0 Å². The van der Waals surface area contributed by atoms with Gasteiger partial charge in [-0.1, -0.05) is 0 Å². The Morgan fingerprint density at radius 2 is 2.50 bits per heavy atom. The SMILES string of the molecule is O=C(O)N[C@H]1C[C@H]2CNC(Cc3cscn3)[C@H]2C1. The Morgan fingerprint density at radius 3 is 3.22 bits per heavy atom. The molecule has 1 saturated heterocycles. The normalized spacial score (nSPS) is 34.4. The van der Waals surface area contributed by atoms with Gasteiger partial charge in [0.2, 0.25) is 0 Å². The van der Waals surface area contributed by atoms with Gasteiger partial charge in [0.25, 0.3) is 0 Å². The topological polar surface area (TPSA) is 74.2 Å². The van der Waals surface area contributed by atoms with Crippen LogP contribution in [0.15, 0.2) is 10.9 Å². The van der Waals surface area contributed by atoms with Gasteiger partial charge in [0, 0.05) is 23.9 Å². The minimum atomic E-state index is -0.899. The van der Waals surface area contributed by atoms with Crippen LogP contribution >= 0.6 is 11.3 Å². The largest absolute Gasteiger partial charge is 0.465 e. The van der Waals surface area contributed by atoms with Gasteiger partial charge in [-0.2, -0.15) is 0 Å². The summed E-state index contributed by atoms with van der Waals surface area (Å²) in [6, 6.07) is 0.593. The lowest BCUT2D eigenvalue weighted by Crippen LogP contribution is -2.35. The van der Waals surface area contributed by atoms with E-state index >= 15 is 0 Å². The number of thiazole rings is 1. The van der Waals surface area contributed by atoms with E-state index in [4.69, 9.17) is 5.11 Å². The molecule has 18 heavy (non-hydrogen) atoms. The summed E-state index contributed by atoms with van der Waals surface area (Å²) in [4.78, 5) is 15.0. The van der Waals surface area contributed by atoms with Crippen LogP contribution in [0.1, 0.15) is 18.5 Å². The Bertz CT molecular complexity index is 423. The quantitative estimate of drug-likeness (QED) is 0.772. The Hall–Kier alpha value is -1.14. The molecule has 1 aromatic heterocycles. The molecule has 3 N–H and O–H groups in total. The molecule has 0 aromatic carbocycles. The first-order valence-corrected chi connectivity index (χ1v) is 7.26. The third-order valence-electron chi connectivity index (χ3n) is 4.15. The van der Waals surface area contributed by atoms with E-state index in [1.165, 1.54) is 0 Å². The fourth-order valence-electron chi connectivity index (χ4n) is 3.42. The lowest BCUT2D eigenvalue weighted by Gasteiger charge is -2.18. The van der Waals surface area contributed by atoms with Crippen LogP contribution < -0.4 is 10.6 Å². The minimum Gasteiger partial charge on any atom is -0.465 e. The maximum absolute atomic E-state index is 10.7. The average molecular weight is 267 g/mol. The molecule has 1 aromatic rings. The van der Waals surface area contributed by atoms with Crippen LogP contribution in [0.3, 0.4) is 0 Å². The van der Waals surface area contributed by atoms with Gasteiger partial charge in [-0.15, -0.1) is 11.3 Å². The van der Waals surface area contributed by atoms with Gasteiger partial charge in [-0.05, 0) is 31.2 Å². The first kappa shape index (κ1) is 11.9. The zero-order valence-electron chi connectivity index (χ0n) is 10.0. The van der Waals surface area contributed by atoms with E-state index < -0.39 is 6.09 Å². The number of carbonyl (C=O) groups is 1. The van der Waals surface area contributed by atoms with Crippen molar-refractivity contribution in [3.63, 3.8) is 0 Å². The van der Waals surface area contributed by atoms with Crippen LogP contribution in [0.4, 0.5) is 4.79 Å². The summed E-state index contributed by atoms with van der Waals surface area (Å²) in [6.45, 7) is 1.01. The van der Waals surface area contributed by atoms with Crippen molar-refractivity contribution in [2.75, 3.05) is 6.54 Å². The monoisotopic (exact) mass is 267 g/mol. The molecule has 0 bridgehead atoms. The predicted molar refractivity (Wildman–Crippen MR) is 68.8 cm³/mol. The molecule has 6 heteroatoms. The smallest absolute Gasteiger partial charge is 0.404 e. The first-order chi connectivity index (χ1) is 8.72. The lowest BCUT2D eigenvalue weighted by atomic mass is 9.91. The summed E-state index contributed by atoms with van der Waals surface area (Å²) in [7, 11) is 0. The van der Waals surface area contributed by atoms with E-state index in [2.05, 4.69) is 21.0 Å². The zero-order chi connectivity index (χ0) is 12.5. The van der Waals surface area contributed by atoms with Gasteiger partial charge in [0.05, 0.1) is 11.2 Å². The zero-order valence-corrected chi connectivity index (χ0v) is 10.8. The van der Waals surface area contributed by atoms with Crippen molar-refractivity contribution in [3.8, 4) is 0 Å². The van der Waals surface area contributed by atoms with E-state index in [-0.39, 0.29) is 6.04 Å². The summed E-state index contributed by atoms with van der Waals surface area (Å²) in [5.41, 5.74) is 3.01. The van der Waals surface area contributed by atoms with Crippen molar-refractivity contribution < 1.29 is 9.90 Å². The molecular weight excluding hydrogens is 250 g/mol. The second kappa shape index (κ2) is 4.85. The van der Waals surface area contributed by atoms with Crippen LogP contribution in [-0.2, 0) is 6.42 Å². The Balaban J connectivity index is 1.61. The second-order valence-electron chi connectivity index (χ2n) is 5.24. The molecule has 2 aliphatic rings. The summed E-state index contributed by atoms with van der Waals surface area (Å²) in [5.74, 6) is 1.20. The average Bonchev–Trinajstić information content (AvgIpc) is 2.97. The van der Waals surface area contributed by atoms with Crippen LogP contribution in [-0.4, -0.2) is 34.8 Å². The number of carboxylic acid groups (broad SMARTS) is 1. The van der Waals surface area contributed by atoms with Crippen molar-refractivity contribution in [1.82, 2.24) is 15.6 Å². The van der Waals surface area contributed by atoms with Gasteiger partial charge >= 0.3 is 6.09 Å². The maximum atomic E-state index is 10.7. The van der Waals surface area contributed by atoms with Crippen molar-refractivity contribution in [1.29, 1.82) is 0 Å². The molecule has 1 amide bonds. The molecule has 5 nitrogen and oxygen atoms in total. The highest BCUT2D eigenvalue weighted by molar-refractivity contribution is 7.07. The first-order valence-electron chi connectivity index (χ1n) is 6.32. The third-order valence-corrected chi connectivity index (χ3v) is 4.78. The Kier molecular flexibility index (Phi) is 3.22. The van der Waals surface area contributed by atoms with E-state index in [9.17, 15) is 4.79 Å². The molecule has 3 rings (SSSR count). The van der Waals surface area contributed by atoms with Gasteiger partial charge < -0.3 is 15.7 Å². The molecule has 4 atom stereocenters. The van der Waals surface area contributed by atoms with E-state index in [0.29, 0.717) is 17.9 Å². The maximum Gasteiger partial charge on any atom is 0.404 e. The number of nitrogens with zero attached hydrogens (tertiary/aromatic N) is 1. The molecule has 1 aliphatic heterocycles.